The quantitative estimate of drug-likeness (QED) is 0.882. The number of nitrogens with one attached hydrogen (secondary N) is 1. The number of para-hydroxylation sites is 1. The molecule has 4 nitrogen and oxygen atoms in total. The van der Waals surface area contributed by atoms with Crippen molar-refractivity contribution in [2.45, 2.75) is 11.4 Å². The third-order valence-corrected chi connectivity index (χ3v) is 5.00. The molecule has 0 aromatic heterocycles. The summed E-state index contributed by atoms with van der Waals surface area (Å²) in [5.74, 6) is -0.637. The zero-order chi connectivity index (χ0) is 14.8. The molecule has 0 aliphatic heterocycles. The molecule has 20 heavy (non-hydrogen) atoms. The third-order valence-electron chi connectivity index (χ3n) is 2.64. The first-order chi connectivity index (χ1) is 9.44. The van der Waals surface area contributed by atoms with Gasteiger partial charge in [0.25, 0.3) is 10.0 Å². The molecular weight excluding hydrogens is 347 g/mol. The maximum absolute atomic E-state index is 13.5. The van der Waals surface area contributed by atoms with Crippen LogP contribution in [0.25, 0.3) is 0 Å². The highest BCUT2D eigenvalue weighted by Gasteiger charge is 2.19. The lowest BCUT2D eigenvalue weighted by molar-refractivity contribution is 0.598. The molecule has 0 aliphatic carbocycles. The summed E-state index contributed by atoms with van der Waals surface area (Å²) in [5, 5.41) is 0. The fourth-order valence-electron chi connectivity index (χ4n) is 1.62. The van der Waals surface area contributed by atoms with Gasteiger partial charge in [-0.1, -0.05) is 18.2 Å². The van der Waals surface area contributed by atoms with Crippen molar-refractivity contribution in [1.29, 1.82) is 0 Å². The predicted molar refractivity (Wildman–Crippen MR) is 79.2 cm³/mol. The van der Waals surface area contributed by atoms with Gasteiger partial charge in [0.1, 0.15) is 10.7 Å². The van der Waals surface area contributed by atoms with E-state index < -0.39 is 15.8 Å². The molecule has 0 spiro atoms. The Balaban J connectivity index is 2.43. The van der Waals surface area contributed by atoms with Crippen molar-refractivity contribution in [3.63, 3.8) is 0 Å². The average Bonchev–Trinajstić information content (AvgIpc) is 2.41. The maximum Gasteiger partial charge on any atom is 0.263 e. The van der Waals surface area contributed by atoms with E-state index in [4.69, 9.17) is 5.73 Å². The summed E-state index contributed by atoms with van der Waals surface area (Å²) >= 11 is 3.17. The fraction of sp³-hybridized carbons (Fsp3) is 0.0769. The molecule has 0 saturated heterocycles. The Morgan fingerprint density at radius 2 is 1.90 bits per heavy atom. The second-order valence-electron chi connectivity index (χ2n) is 4.05. The minimum absolute atomic E-state index is 0.0173. The molecule has 0 bridgehead atoms. The van der Waals surface area contributed by atoms with E-state index in [1.165, 1.54) is 24.3 Å². The normalized spacial score (nSPS) is 11.3. The molecular formula is C13H12BrFN2O2S. The monoisotopic (exact) mass is 358 g/mol. The molecule has 3 N–H and O–H groups in total. The lowest BCUT2D eigenvalue weighted by Crippen LogP contribution is -2.15. The van der Waals surface area contributed by atoms with E-state index in [0.29, 0.717) is 10.0 Å². The molecule has 2 aromatic carbocycles. The Kier molecular flexibility index (Phi) is 4.42. The van der Waals surface area contributed by atoms with Crippen LogP contribution < -0.4 is 10.5 Å². The van der Waals surface area contributed by atoms with Gasteiger partial charge in [-0.05, 0) is 45.8 Å². The lowest BCUT2D eigenvalue weighted by Gasteiger charge is -2.11. The average molecular weight is 359 g/mol. The van der Waals surface area contributed by atoms with Crippen LogP contribution >= 0.6 is 15.9 Å². The van der Waals surface area contributed by atoms with Crippen molar-refractivity contribution in [2.75, 3.05) is 4.72 Å². The molecule has 0 radical (unpaired) electrons. The van der Waals surface area contributed by atoms with E-state index in [1.54, 1.807) is 18.2 Å². The smallest absolute Gasteiger partial charge is 0.263 e. The predicted octanol–water partition coefficient (Wildman–Crippen LogP) is 2.85. The van der Waals surface area contributed by atoms with Crippen LogP contribution in [0.3, 0.4) is 0 Å². The van der Waals surface area contributed by atoms with Crippen molar-refractivity contribution in [1.82, 2.24) is 0 Å². The van der Waals surface area contributed by atoms with Gasteiger partial charge < -0.3 is 5.73 Å². The molecule has 106 valence electrons. The summed E-state index contributed by atoms with van der Waals surface area (Å²) in [6.45, 7) is 0.218. The van der Waals surface area contributed by atoms with E-state index in [2.05, 4.69) is 20.7 Å². The zero-order valence-electron chi connectivity index (χ0n) is 10.3. The molecule has 0 unspecified atom stereocenters. The first kappa shape index (κ1) is 15.0. The van der Waals surface area contributed by atoms with Crippen LogP contribution in [0.1, 0.15) is 5.56 Å². The molecule has 0 heterocycles. The van der Waals surface area contributed by atoms with E-state index >= 15 is 0 Å². The van der Waals surface area contributed by atoms with Crippen molar-refractivity contribution >= 4 is 31.6 Å². The second-order valence-corrected chi connectivity index (χ2v) is 6.56. The van der Waals surface area contributed by atoms with E-state index in [-0.39, 0.29) is 17.1 Å². The van der Waals surface area contributed by atoms with Gasteiger partial charge >= 0.3 is 0 Å². The van der Waals surface area contributed by atoms with Crippen molar-refractivity contribution in [3.8, 4) is 0 Å². The van der Waals surface area contributed by atoms with Gasteiger partial charge in [0.15, 0.2) is 0 Å². The van der Waals surface area contributed by atoms with Crippen molar-refractivity contribution in [3.05, 3.63) is 58.3 Å². The Labute approximate surface area is 125 Å². The minimum Gasteiger partial charge on any atom is -0.326 e. The minimum atomic E-state index is -3.89. The standard InChI is InChI=1S/C13H12BrFN2O2S/c14-10-6-5-9(8-16)7-13(10)20(18,19)17-12-4-2-1-3-11(12)15/h1-7,17H,8,16H2. The van der Waals surface area contributed by atoms with Crippen LogP contribution in [0.15, 0.2) is 51.8 Å². The van der Waals surface area contributed by atoms with Crippen LogP contribution in [0.2, 0.25) is 0 Å². The van der Waals surface area contributed by atoms with Crippen LogP contribution in [0.5, 0.6) is 0 Å². The largest absolute Gasteiger partial charge is 0.326 e. The number of benzene rings is 2. The first-order valence-corrected chi connectivity index (χ1v) is 7.97. The number of hydrogen-bond acceptors (Lipinski definition) is 3. The molecule has 2 rings (SSSR count). The summed E-state index contributed by atoms with van der Waals surface area (Å²) in [6, 6.07) is 10.3. The Bertz CT molecular complexity index is 735. The molecule has 0 saturated carbocycles. The second kappa shape index (κ2) is 5.90. The summed E-state index contributed by atoms with van der Waals surface area (Å²) in [5.41, 5.74) is 6.07. The number of anilines is 1. The molecule has 0 amide bonds. The third kappa shape index (κ3) is 3.17. The Morgan fingerprint density at radius 3 is 2.55 bits per heavy atom. The molecule has 0 atom stereocenters. The summed E-state index contributed by atoms with van der Waals surface area (Å²) in [6.07, 6.45) is 0. The van der Waals surface area contributed by atoms with Gasteiger partial charge in [-0.25, -0.2) is 12.8 Å². The highest BCUT2D eigenvalue weighted by atomic mass is 79.9. The van der Waals surface area contributed by atoms with E-state index in [9.17, 15) is 12.8 Å². The fourth-order valence-corrected chi connectivity index (χ4v) is 3.71. The topological polar surface area (TPSA) is 72.2 Å². The van der Waals surface area contributed by atoms with Crippen molar-refractivity contribution < 1.29 is 12.8 Å². The van der Waals surface area contributed by atoms with Gasteiger partial charge in [0.05, 0.1) is 5.69 Å². The number of hydrogen-bond donors (Lipinski definition) is 2. The van der Waals surface area contributed by atoms with Gasteiger partial charge in [0.2, 0.25) is 0 Å². The number of halogens is 2. The first-order valence-electron chi connectivity index (χ1n) is 5.70. The Hall–Kier alpha value is -1.44. The number of nitrogens with two attached hydrogens (primary N) is 1. The van der Waals surface area contributed by atoms with E-state index in [0.717, 1.165) is 0 Å². The summed E-state index contributed by atoms with van der Waals surface area (Å²) in [4.78, 5) is 0.0173. The van der Waals surface area contributed by atoms with Gasteiger partial charge in [-0.3, -0.25) is 4.72 Å². The van der Waals surface area contributed by atoms with Crippen LogP contribution in [0, 0.1) is 5.82 Å². The van der Waals surface area contributed by atoms with Crippen LogP contribution in [-0.2, 0) is 16.6 Å². The number of rotatable bonds is 4. The van der Waals surface area contributed by atoms with E-state index in [1.807, 2.05) is 0 Å². The molecule has 2 aromatic rings. The van der Waals surface area contributed by atoms with Crippen molar-refractivity contribution in [2.24, 2.45) is 5.73 Å². The number of sulfonamides is 1. The SMILES string of the molecule is NCc1ccc(Br)c(S(=O)(=O)Nc2ccccc2F)c1. The molecule has 0 fully saturated rings. The Morgan fingerprint density at radius 1 is 1.20 bits per heavy atom. The lowest BCUT2D eigenvalue weighted by atomic mass is 10.2. The highest BCUT2D eigenvalue weighted by Crippen LogP contribution is 2.26. The van der Waals surface area contributed by atoms with Crippen LogP contribution in [-0.4, -0.2) is 8.42 Å². The molecule has 7 heteroatoms. The van der Waals surface area contributed by atoms with Gasteiger partial charge in [0, 0.05) is 11.0 Å². The summed E-state index contributed by atoms with van der Waals surface area (Å²) in [7, 11) is -3.89. The maximum atomic E-state index is 13.5. The summed E-state index contributed by atoms with van der Waals surface area (Å²) < 4.78 is 40.7. The highest BCUT2D eigenvalue weighted by molar-refractivity contribution is 9.10. The van der Waals surface area contributed by atoms with Crippen LogP contribution in [0.4, 0.5) is 10.1 Å². The van der Waals surface area contributed by atoms with Gasteiger partial charge in [-0.15, -0.1) is 0 Å². The van der Waals surface area contributed by atoms with Gasteiger partial charge in [-0.2, -0.15) is 0 Å². The zero-order valence-corrected chi connectivity index (χ0v) is 12.7. The molecule has 0 aliphatic rings.